The van der Waals surface area contributed by atoms with Gasteiger partial charge in [0.1, 0.15) is 22.9 Å². The molecule has 266 valence electrons. The lowest BCUT2D eigenvalue weighted by Gasteiger charge is -2.34. The maximum absolute atomic E-state index is 17.6. The standard InChI is InChI=1S/C42H47F2N5O2/c1-4-30-34(43)10-7-26-17-29(50)18-32(35(26)30)36-31(25(2)3)19-33-38(37(36)44)46-40(47-39(33)49-20-27-8-9-28(21-49)45-27)51-24-42(13-14-42)23-48-16-15-41(22-48)11-5-6-12-41/h1,7,10,17-19,25,27-28,45,50H,5-6,8-9,11-16,20-24H2,2-3H3. The number of benzene rings is 3. The van der Waals surface area contributed by atoms with E-state index in [2.05, 4.69) is 21.0 Å². The molecule has 4 heterocycles. The number of nitrogens with zero attached hydrogens (tertiary/aromatic N) is 4. The molecule has 4 aromatic rings. The second kappa shape index (κ2) is 12.3. The van der Waals surface area contributed by atoms with Crippen LogP contribution < -0.4 is 15.0 Å². The predicted molar refractivity (Wildman–Crippen MR) is 197 cm³/mol. The second-order valence-electron chi connectivity index (χ2n) is 16.7. The van der Waals surface area contributed by atoms with Gasteiger partial charge >= 0.3 is 6.01 Å². The van der Waals surface area contributed by atoms with Crippen molar-refractivity contribution in [2.24, 2.45) is 10.8 Å². The van der Waals surface area contributed by atoms with Gasteiger partial charge in [0.25, 0.3) is 0 Å². The van der Waals surface area contributed by atoms with E-state index in [1.165, 1.54) is 56.8 Å². The van der Waals surface area contributed by atoms with Gasteiger partial charge in [0.05, 0.1) is 12.2 Å². The maximum atomic E-state index is 17.6. The van der Waals surface area contributed by atoms with Crippen molar-refractivity contribution in [2.75, 3.05) is 44.2 Å². The Kier molecular flexibility index (Phi) is 7.93. The summed E-state index contributed by atoms with van der Waals surface area (Å²) in [5.41, 5.74) is 2.08. The highest BCUT2D eigenvalue weighted by atomic mass is 19.1. The average molecular weight is 692 g/mol. The molecule has 2 atom stereocenters. The zero-order valence-corrected chi connectivity index (χ0v) is 29.7. The molecule has 0 radical (unpaired) electrons. The van der Waals surface area contributed by atoms with E-state index < -0.39 is 11.6 Å². The summed E-state index contributed by atoms with van der Waals surface area (Å²) in [6.07, 6.45) is 17.0. The first-order chi connectivity index (χ1) is 24.6. The number of anilines is 1. The minimum absolute atomic E-state index is 0.0342. The largest absolute Gasteiger partial charge is 0.508 e. The van der Waals surface area contributed by atoms with Crippen LogP contribution in [0.1, 0.15) is 88.7 Å². The van der Waals surface area contributed by atoms with Gasteiger partial charge < -0.3 is 25.0 Å². The van der Waals surface area contributed by atoms with Crippen LogP contribution >= 0.6 is 0 Å². The topological polar surface area (TPSA) is 73.8 Å². The Bertz CT molecular complexity index is 2070. The number of phenolic OH excluding ortho intramolecular Hbond substituents is 1. The van der Waals surface area contributed by atoms with Crippen molar-refractivity contribution >= 4 is 27.5 Å². The highest BCUT2D eigenvalue weighted by Gasteiger charge is 2.48. The molecule has 9 heteroatoms. The Hall–Kier alpha value is -4.00. The predicted octanol–water partition coefficient (Wildman–Crippen LogP) is 7.90. The molecule has 7 nitrogen and oxygen atoms in total. The number of likely N-dealkylation sites (tertiary alicyclic amines) is 1. The zero-order valence-electron chi connectivity index (χ0n) is 29.7. The molecule has 3 saturated heterocycles. The van der Waals surface area contributed by atoms with Gasteiger partial charge in [-0.05, 0) is 104 Å². The molecule has 2 bridgehead atoms. The molecule has 0 amide bonds. The lowest BCUT2D eigenvalue weighted by molar-refractivity contribution is 0.159. The lowest BCUT2D eigenvalue weighted by atomic mass is 9.86. The van der Waals surface area contributed by atoms with Gasteiger partial charge in [0, 0.05) is 60.0 Å². The van der Waals surface area contributed by atoms with Gasteiger partial charge in [0.2, 0.25) is 0 Å². The van der Waals surface area contributed by atoms with Gasteiger partial charge in [0.15, 0.2) is 5.82 Å². The van der Waals surface area contributed by atoms with Gasteiger partial charge in [-0.15, -0.1) is 6.42 Å². The summed E-state index contributed by atoms with van der Waals surface area (Å²) in [5.74, 6) is 1.87. The third-order valence-electron chi connectivity index (χ3n) is 12.7. The summed E-state index contributed by atoms with van der Waals surface area (Å²) >= 11 is 0. The molecule has 3 aromatic carbocycles. The number of aromatic nitrogens is 2. The van der Waals surface area contributed by atoms with E-state index in [4.69, 9.17) is 21.1 Å². The Balaban J connectivity index is 1.15. The number of halogens is 2. The fourth-order valence-corrected chi connectivity index (χ4v) is 9.89. The molecule has 51 heavy (non-hydrogen) atoms. The molecule has 1 spiro atoms. The number of piperazine rings is 1. The summed E-state index contributed by atoms with van der Waals surface area (Å²) in [4.78, 5) is 14.8. The summed E-state index contributed by atoms with van der Waals surface area (Å²) in [6.45, 7) is 9.41. The van der Waals surface area contributed by atoms with Crippen molar-refractivity contribution in [3.63, 3.8) is 0 Å². The number of rotatable bonds is 8. The van der Waals surface area contributed by atoms with Crippen LogP contribution in [0.3, 0.4) is 0 Å². The number of terminal acetylenes is 1. The molecule has 5 aliphatic rings. The van der Waals surface area contributed by atoms with Gasteiger partial charge in [-0.2, -0.15) is 9.97 Å². The van der Waals surface area contributed by atoms with Crippen LogP contribution in [-0.2, 0) is 0 Å². The lowest BCUT2D eigenvalue weighted by Crippen LogP contribution is -2.51. The van der Waals surface area contributed by atoms with Gasteiger partial charge in [-0.25, -0.2) is 8.78 Å². The molecule has 2 N–H and O–H groups in total. The quantitative estimate of drug-likeness (QED) is 0.182. The average Bonchev–Trinajstić information content (AvgIpc) is 3.36. The molecule has 2 aliphatic carbocycles. The third-order valence-corrected chi connectivity index (χ3v) is 12.7. The van der Waals surface area contributed by atoms with Crippen molar-refractivity contribution < 1.29 is 18.6 Å². The van der Waals surface area contributed by atoms with Crippen molar-refractivity contribution in [3.05, 3.63) is 53.1 Å². The summed E-state index contributed by atoms with van der Waals surface area (Å²) in [6, 6.07) is 8.73. The number of nitrogens with one attached hydrogen (secondary N) is 1. The number of fused-ring (bicyclic) bond motifs is 4. The van der Waals surface area contributed by atoms with Crippen LogP contribution in [0.15, 0.2) is 30.3 Å². The summed E-state index contributed by atoms with van der Waals surface area (Å²) in [5, 5.41) is 16.1. The number of ether oxygens (including phenoxy) is 1. The first-order valence-electron chi connectivity index (χ1n) is 19.0. The fourth-order valence-electron chi connectivity index (χ4n) is 9.89. The monoisotopic (exact) mass is 691 g/mol. The highest BCUT2D eigenvalue weighted by molar-refractivity contribution is 6.05. The first kappa shape index (κ1) is 32.9. The third kappa shape index (κ3) is 5.79. The minimum atomic E-state index is -0.570. The van der Waals surface area contributed by atoms with E-state index in [1.54, 1.807) is 6.07 Å². The normalized spacial score (nSPS) is 23.6. The van der Waals surface area contributed by atoms with E-state index >= 15 is 8.78 Å². The Morgan fingerprint density at radius 3 is 2.51 bits per heavy atom. The number of hydrogen-bond donors (Lipinski definition) is 2. The van der Waals surface area contributed by atoms with Crippen LogP contribution in [0.2, 0.25) is 0 Å². The molecule has 1 aromatic heterocycles. The smallest absolute Gasteiger partial charge is 0.319 e. The Morgan fingerprint density at radius 1 is 1.04 bits per heavy atom. The molecular formula is C42H47F2N5O2. The number of phenols is 1. The van der Waals surface area contributed by atoms with Gasteiger partial charge in [-0.3, -0.25) is 0 Å². The van der Waals surface area contributed by atoms with Gasteiger partial charge in [-0.1, -0.05) is 38.7 Å². The van der Waals surface area contributed by atoms with E-state index in [0.29, 0.717) is 57.2 Å². The molecular weight excluding hydrogens is 644 g/mol. The number of aromatic hydroxyl groups is 1. The zero-order chi connectivity index (χ0) is 35.1. The van der Waals surface area contributed by atoms with Crippen LogP contribution in [0, 0.1) is 34.8 Å². The van der Waals surface area contributed by atoms with E-state index in [0.717, 1.165) is 51.9 Å². The molecule has 5 fully saturated rings. The van der Waals surface area contributed by atoms with Crippen LogP contribution in [0.25, 0.3) is 32.8 Å². The van der Waals surface area contributed by atoms with E-state index in [1.807, 2.05) is 19.9 Å². The molecule has 9 rings (SSSR count). The maximum Gasteiger partial charge on any atom is 0.319 e. The number of hydrogen-bond acceptors (Lipinski definition) is 7. The minimum Gasteiger partial charge on any atom is -0.508 e. The van der Waals surface area contributed by atoms with Crippen molar-refractivity contribution in [1.29, 1.82) is 0 Å². The van der Waals surface area contributed by atoms with Crippen LogP contribution in [-0.4, -0.2) is 71.4 Å². The highest BCUT2D eigenvalue weighted by Crippen LogP contribution is 2.51. The van der Waals surface area contributed by atoms with Crippen molar-refractivity contribution in [2.45, 2.75) is 89.6 Å². The first-order valence-corrected chi connectivity index (χ1v) is 19.0. The molecule has 2 unspecified atom stereocenters. The summed E-state index contributed by atoms with van der Waals surface area (Å²) < 4.78 is 39.2. The van der Waals surface area contributed by atoms with Crippen LogP contribution in [0.4, 0.5) is 14.6 Å². The van der Waals surface area contributed by atoms with Crippen LogP contribution in [0.5, 0.6) is 11.8 Å². The Labute approximate surface area is 298 Å². The second-order valence-corrected chi connectivity index (χ2v) is 16.7. The molecule has 3 aliphatic heterocycles. The Morgan fingerprint density at radius 2 is 1.80 bits per heavy atom. The van der Waals surface area contributed by atoms with Crippen molar-refractivity contribution in [3.8, 4) is 35.2 Å². The van der Waals surface area contributed by atoms with Crippen molar-refractivity contribution in [1.82, 2.24) is 20.2 Å². The SMILES string of the molecule is C#Cc1c(F)ccc2cc(O)cc(-c3c(C(C)C)cc4c(N5CC6CCC(C5)N6)nc(OCC5(CN6CCC7(CCCC7)C6)CC5)nc4c3F)c12. The fraction of sp³-hybridized carbons (Fsp3) is 0.524. The van der Waals surface area contributed by atoms with E-state index in [-0.39, 0.29) is 39.7 Å². The summed E-state index contributed by atoms with van der Waals surface area (Å²) in [7, 11) is 0. The molecule has 2 saturated carbocycles. The van der Waals surface area contributed by atoms with E-state index in [9.17, 15) is 5.11 Å².